The first-order valence-corrected chi connectivity index (χ1v) is 16.7. The molecule has 0 aromatic heterocycles. The third kappa shape index (κ3) is 12.0. The van der Waals surface area contributed by atoms with Crippen LogP contribution in [0.5, 0.6) is 0 Å². The first-order chi connectivity index (χ1) is 20.0. The zero-order valence-electron chi connectivity index (χ0n) is 27.6. The number of benzene rings is 1. The zero-order valence-corrected chi connectivity index (χ0v) is 27.6. The van der Waals surface area contributed by atoms with Crippen LogP contribution in [0.2, 0.25) is 0 Å². The Morgan fingerprint density at radius 3 is 2.12 bits per heavy atom. The topological polar surface area (TPSA) is 87.7 Å². The van der Waals surface area contributed by atoms with E-state index in [0.29, 0.717) is 13.0 Å². The molecule has 0 saturated heterocycles. The summed E-state index contributed by atoms with van der Waals surface area (Å²) in [6.45, 7) is 14.2. The van der Waals surface area contributed by atoms with Crippen molar-refractivity contribution < 1.29 is 19.1 Å². The minimum Gasteiger partial charge on any atom is -0.444 e. The summed E-state index contributed by atoms with van der Waals surface area (Å²) in [5.74, 6) is -0.501. The average Bonchev–Trinajstić information content (AvgIpc) is 2.96. The van der Waals surface area contributed by atoms with Gasteiger partial charge in [-0.25, -0.2) is 4.79 Å². The first kappa shape index (κ1) is 35.6. The lowest BCUT2D eigenvalue weighted by Crippen LogP contribution is -2.56. The molecule has 1 aliphatic rings. The molecule has 0 aliphatic heterocycles. The van der Waals surface area contributed by atoms with Gasteiger partial charge in [-0.1, -0.05) is 110 Å². The number of rotatable bonds is 16. The number of carbonyl (C=O) groups is 3. The fourth-order valence-electron chi connectivity index (χ4n) is 5.66. The Kier molecular flexibility index (Phi) is 15.4. The highest BCUT2D eigenvalue weighted by Crippen LogP contribution is 2.27. The molecule has 3 amide bonds. The van der Waals surface area contributed by atoms with Crippen LogP contribution >= 0.6 is 0 Å². The highest BCUT2D eigenvalue weighted by atomic mass is 16.6. The molecule has 42 heavy (non-hydrogen) atoms. The summed E-state index contributed by atoms with van der Waals surface area (Å²) in [5, 5.41) is 6.19. The largest absolute Gasteiger partial charge is 0.444 e. The fraction of sp³-hybridized carbons (Fsp3) is 0.743. The molecule has 2 N–H and O–H groups in total. The number of carbonyl (C=O) groups excluding carboxylic acids is 3. The van der Waals surface area contributed by atoms with E-state index < -0.39 is 23.8 Å². The number of nitrogens with zero attached hydrogens (tertiary/aromatic N) is 1. The summed E-state index contributed by atoms with van der Waals surface area (Å²) in [5.41, 5.74) is 1.30. The van der Waals surface area contributed by atoms with Gasteiger partial charge in [0.05, 0.1) is 0 Å². The maximum absolute atomic E-state index is 14.5. The van der Waals surface area contributed by atoms with Crippen molar-refractivity contribution in [3.63, 3.8) is 0 Å². The van der Waals surface area contributed by atoms with Crippen LogP contribution < -0.4 is 10.6 Å². The molecule has 1 aromatic rings. The van der Waals surface area contributed by atoms with E-state index >= 15 is 0 Å². The van der Waals surface area contributed by atoms with Gasteiger partial charge in [0, 0.05) is 12.6 Å². The highest BCUT2D eigenvalue weighted by Gasteiger charge is 2.38. The van der Waals surface area contributed by atoms with Crippen molar-refractivity contribution in [2.75, 3.05) is 6.54 Å². The number of nitrogens with one attached hydrogen (secondary N) is 2. The summed E-state index contributed by atoms with van der Waals surface area (Å²) >= 11 is 0. The van der Waals surface area contributed by atoms with Gasteiger partial charge in [0.2, 0.25) is 11.8 Å². The van der Waals surface area contributed by atoms with Crippen molar-refractivity contribution in [2.24, 2.45) is 5.92 Å². The third-order valence-corrected chi connectivity index (χ3v) is 8.40. The summed E-state index contributed by atoms with van der Waals surface area (Å²) in [6, 6.07) is 6.64. The number of hydrogen-bond acceptors (Lipinski definition) is 4. The number of alkyl carbamates (subject to hydrolysis) is 1. The van der Waals surface area contributed by atoms with E-state index in [-0.39, 0.29) is 23.8 Å². The van der Waals surface area contributed by atoms with Crippen LogP contribution in [0.15, 0.2) is 24.3 Å². The molecule has 1 fully saturated rings. The molecular weight excluding hydrogens is 526 g/mol. The summed E-state index contributed by atoms with van der Waals surface area (Å²) in [7, 11) is 0. The lowest BCUT2D eigenvalue weighted by Gasteiger charge is -2.37. The van der Waals surface area contributed by atoms with Crippen molar-refractivity contribution in [2.45, 2.75) is 156 Å². The third-order valence-electron chi connectivity index (χ3n) is 8.40. The Morgan fingerprint density at radius 2 is 1.55 bits per heavy atom. The van der Waals surface area contributed by atoms with E-state index in [0.717, 1.165) is 56.9 Å². The molecule has 0 bridgehead atoms. The van der Waals surface area contributed by atoms with Crippen molar-refractivity contribution in [1.29, 1.82) is 0 Å². The SMILES string of the molecule is CCCCCCCCN(C(=O)C(NC(=O)OC(C)(C)C)C(C)CC)C(C(=O)NC1CCCCC1)c1ccc(CC)cc1. The van der Waals surface area contributed by atoms with Crippen LogP contribution in [0.3, 0.4) is 0 Å². The molecule has 2 rings (SSSR count). The number of ether oxygens (including phenoxy) is 1. The van der Waals surface area contributed by atoms with Gasteiger partial charge in [0.1, 0.15) is 17.7 Å². The van der Waals surface area contributed by atoms with Gasteiger partial charge in [-0.15, -0.1) is 0 Å². The molecule has 238 valence electrons. The quantitative estimate of drug-likeness (QED) is 0.193. The van der Waals surface area contributed by atoms with E-state index in [1.807, 2.05) is 46.8 Å². The maximum atomic E-state index is 14.5. The van der Waals surface area contributed by atoms with E-state index in [4.69, 9.17) is 4.74 Å². The average molecular weight is 586 g/mol. The second-order valence-electron chi connectivity index (χ2n) is 13.2. The molecule has 1 aliphatic carbocycles. The predicted molar refractivity (Wildman–Crippen MR) is 171 cm³/mol. The molecule has 0 heterocycles. The van der Waals surface area contributed by atoms with E-state index in [9.17, 15) is 14.4 Å². The lowest BCUT2D eigenvalue weighted by molar-refractivity contribution is -0.144. The standard InChI is InChI=1S/C35H59N3O4/c1-8-11-12-13-14-18-25-38(33(40)30(26(4)9-2)37-34(41)42-35(5,6)7)31(28-23-21-27(10-3)22-24-28)32(39)36-29-19-16-15-17-20-29/h21-24,26,29-31H,8-20,25H2,1-7H3,(H,36,39)(H,37,41). The molecule has 0 radical (unpaired) electrons. The van der Waals surface area contributed by atoms with Crippen molar-refractivity contribution in [3.8, 4) is 0 Å². The first-order valence-electron chi connectivity index (χ1n) is 16.7. The van der Waals surface area contributed by atoms with Crippen molar-refractivity contribution in [1.82, 2.24) is 15.5 Å². The van der Waals surface area contributed by atoms with Gasteiger partial charge in [-0.2, -0.15) is 0 Å². The second-order valence-corrected chi connectivity index (χ2v) is 13.2. The van der Waals surface area contributed by atoms with Gasteiger partial charge in [0.25, 0.3) is 0 Å². The van der Waals surface area contributed by atoms with E-state index in [1.54, 1.807) is 4.90 Å². The van der Waals surface area contributed by atoms with Crippen LogP contribution in [0.25, 0.3) is 0 Å². The van der Waals surface area contributed by atoms with Gasteiger partial charge >= 0.3 is 6.09 Å². The highest BCUT2D eigenvalue weighted by molar-refractivity contribution is 5.92. The fourth-order valence-corrected chi connectivity index (χ4v) is 5.66. The number of amides is 3. The minimum absolute atomic E-state index is 0.125. The van der Waals surface area contributed by atoms with Gasteiger partial charge in [-0.3, -0.25) is 9.59 Å². The van der Waals surface area contributed by atoms with Crippen LogP contribution in [-0.2, 0) is 20.7 Å². The minimum atomic E-state index is -0.801. The lowest BCUT2D eigenvalue weighted by atomic mass is 9.93. The Morgan fingerprint density at radius 1 is 0.929 bits per heavy atom. The zero-order chi connectivity index (χ0) is 31.1. The van der Waals surface area contributed by atoms with E-state index in [1.165, 1.54) is 31.2 Å². The van der Waals surface area contributed by atoms with Gasteiger partial charge in [-0.05, 0) is 63.5 Å². The molecule has 1 aromatic carbocycles. The van der Waals surface area contributed by atoms with Crippen molar-refractivity contribution in [3.05, 3.63) is 35.4 Å². The number of aryl methyl sites for hydroxylation is 1. The normalized spacial score (nSPS) is 16.3. The number of unbranched alkanes of at least 4 members (excludes halogenated alkanes) is 5. The van der Waals surface area contributed by atoms with Crippen LogP contribution in [0.4, 0.5) is 4.79 Å². The van der Waals surface area contributed by atoms with Crippen LogP contribution in [-0.4, -0.2) is 47.0 Å². The van der Waals surface area contributed by atoms with E-state index in [2.05, 4.69) is 36.6 Å². The molecule has 3 atom stereocenters. The second kappa shape index (κ2) is 18.2. The molecular formula is C35H59N3O4. The number of hydrogen-bond donors (Lipinski definition) is 2. The monoisotopic (exact) mass is 585 g/mol. The van der Waals surface area contributed by atoms with Crippen LogP contribution in [0.1, 0.15) is 143 Å². The molecule has 7 nitrogen and oxygen atoms in total. The Bertz CT molecular complexity index is 950. The van der Waals surface area contributed by atoms with Crippen LogP contribution in [0, 0.1) is 5.92 Å². The van der Waals surface area contributed by atoms with Gasteiger partial charge in [0.15, 0.2) is 0 Å². The summed E-state index contributed by atoms with van der Waals surface area (Å²) in [4.78, 5) is 43.3. The predicted octanol–water partition coefficient (Wildman–Crippen LogP) is 7.87. The van der Waals surface area contributed by atoms with Gasteiger partial charge < -0.3 is 20.3 Å². The smallest absolute Gasteiger partial charge is 0.408 e. The molecule has 1 saturated carbocycles. The Balaban J connectivity index is 2.47. The Hall–Kier alpha value is -2.57. The Labute approximate surface area is 255 Å². The van der Waals surface area contributed by atoms with Crippen molar-refractivity contribution >= 4 is 17.9 Å². The maximum Gasteiger partial charge on any atom is 0.408 e. The molecule has 7 heteroatoms. The summed E-state index contributed by atoms with van der Waals surface area (Å²) < 4.78 is 5.55. The summed E-state index contributed by atoms with van der Waals surface area (Å²) in [6.07, 6.45) is 12.8. The molecule has 0 spiro atoms. The molecule has 3 unspecified atom stereocenters.